The van der Waals surface area contributed by atoms with Gasteiger partial charge in [-0.3, -0.25) is 4.79 Å². The quantitative estimate of drug-likeness (QED) is 0.593. The molecule has 31 heavy (non-hydrogen) atoms. The maximum Gasteiger partial charge on any atom is 0.251 e. The first kappa shape index (κ1) is 21.2. The molecule has 1 aromatic carbocycles. The maximum absolute atomic E-state index is 12.7. The predicted octanol–water partition coefficient (Wildman–Crippen LogP) is 1.54. The second-order valence-electron chi connectivity index (χ2n) is 8.08. The molecule has 0 spiro atoms. The Morgan fingerprint density at radius 3 is 2.97 bits per heavy atom. The molecule has 0 aliphatic carbocycles. The Morgan fingerprint density at radius 2 is 2.16 bits per heavy atom. The highest BCUT2D eigenvalue weighted by molar-refractivity contribution is 5.97. The fourth-order valence-electron chi connectivity index (χ4n) is 3.99. The average Bonchev–Trinajstić information content (AvgIpc) is 3.18. The first-order chi connectivity index (χ1) is 15.0. The highest BCUT2D eigenvalue weighted by atomic mass is 16.5. The number of carbonyl (C=O) groups excluding carboxylic acids is 1. The number of fused-ring (bicyclic) bond motifs is 1. The summed E-state index contributed by atoms with van der Waals surface area (Å²) in [5.74, 6) is 0.572. The summed E-state index contributed by atoms with van der Waals surface area (Å²) in [7, 11) is 1.66. The Hall–Kier alpha value is -3.04. The van der Waals surface area contributed by atoms with Gasteiger partial charge in [0.1, 0.15) is 12.1 Å². The van der Waals surface area contributed by atoms with Crippen LogP contribution in [0.15, 0.2) is 36.9 Å². The van der Waals surface area contributed by atoms with Crippen LogP contribution in [0.1, 0.15) is 28.9 Å². The summed E-state index contributed by atoms with van der Waals surface area (Å²) in [6.45, 7) is 4.61. The third-order valence-corrected chi connectivity index (χ3v) is 5.67. The molecule has 9 nitrogen and oxygen atoms in total. The number of imidazole rings is 1. The number of methoxy groups -OCH3 is 1. The van der Waals surface area contributed by atoms with Crippen LogP contribution in [0.4, 0.5) is 5.82 Å². The molecule has 4 rings (SSSR count). The SMILES string of the molecule is COCCn1cnc2cc(C(=O)NCC3(O)CCCN(c4cc(C)ncn4)C3)ccc21. The molecular formula is C22H28N6O3. The Kier molecular flexibility index (Phi) is 6.15. The lowest BCUT2D eigenvalue weighted by Crippen LogP contribution is -2.54. The van der Waals surface area contributed by atoms with Crippen LogP contribution >= 0.6 is 0 Å². The molecule has 164 valence electrons. The third kappa shape index (κ3) is 4.83. The van der Waals surface area contributed by atoms with Crippen molar-refractivity contribution in [1.29, 1.82) is 0 Å². The molecule has 0 radical (unpaired) electrons. The highest BCUT2D eigenvalue weighted by Gasteiger charge is 2.34. The van der Waals surface area contributed by atoms with Gasteiger partial charge in [-0.25, -0.2) is 15.0 Å². The number of carbonyl (C=O) groups is 1. The van der Waals surface area contributed by atoms with E-state index >= 15 is 0 Å². The number of hydrogen-bond donors (Lipinski definition) is 2. The number of ether oxygens (including phenoxy) is 1. The second-order valence-corrected chi connectivity index (χ2v) is 8.08. The van der Waals surface area contributed by atoms with E-state index in [-0.39, 0.29) is 12.5 Å². The van der Waals surface area contributed by atoms with Crippen molar-refractivity contribution in [3.05, 3.63) is 48.2 Å². The van der Waals surface area contributed by atoms with E-state index in [0.717, 1.165) is 35.5 Å². The summed E-state index contributed by atoms with van der Waals surface area (Å²) in [5, 5.41) is 14.0. The van der Waals surface area contributed by atoms with Crippen LogP contribution < -0.4 is 10.2 Å². The number of anilines is 1. The van der Waals surface area contributed by atoms with Gasteiger partial charge in [0.05, 0.1) is 29.6 Å². The Balaban J connectivity index is 1.40. The number of benzene rings is 1. The zero-order valence-corrected chi connectivity index (χ0v) is 17.9. The van der Waals surface area contributed by atoms with Gasteiger partial charge in [0, 0.05) is 50.6 Å². The summed E-state index contributed by atoms with van der Waals surface area (Å²) < 4.78 is 7.11. The van der Waals surface area contributed by atoms with Crippen molar-refractivity contribution in [1.82, 2.24) is 24.8 Å². The number of amides is 1. The van der Waals surface area contributed by atoms with Crippen LogP contribution in [-0.2, 0) is 11.3 Å². The van der Waals surface area contributed by atoms with Crippen LogP contribution in [0.3, 0.4) is 0 Å². The summed E-state index contributed by atoms with van der Waals surface area (Å²) in [6.07, 6.45) is 4.73. The van der Waals surface area contributed by atoms with Gasteiger partial charge in [-0.15, -0.1) is 0 Å². The molecule has 2 N–H and O–H groups in total. The number of nitrogens with zero attached hydrogens (tertiary/aromatic N) is 5. The van der Waals surface area contributed by atoms with E-state index in [9.17, 15) is 9.90 Å². The fourth-order valence-corrected chi connectivity index (χ4v) is 3.99. The molecule has 1 saturated heterocycles. The van der Waals surface area contributed by atoms with Gasteiger partial charge in [-0.05, 0) is 38.0 Å². The van der Waals surface area contributed by atoms with E-state index in [1.807, 2.05) is 28.5 Å². The number of aryl methyl sites for hydroxylation is 1. The van der Waals surface area contributed by atoms with Crippen LogP contribution in [0.25, 0.3) is 11.0 Å². The normalized spacial score (nSPS) is 19.0. The minimum Gasteiger partial charge on any atom is -0.386 e. The molecule has 1 aliphatic rings. The average molecular weight is 425 g/mol. The smallest absolute Gasteiger partial charge is 0.251 e. The number of aliphatic hydroxyl groups is 1. The molecule has 3 aromatic rings. The van der Waals surface area contributed by atoms with Gasteiger partial charge in [-0.1, -0.05) is 0 Å². The van der Waals surface area contributed by atoms with Crippen molar-refractivity contribution in [3.8, 4) is 0 Å². The second kappa shape index (κ2) is 8.99. The molecule has 1 amide bonds. The van der Waals surface area contributed by atoms with E-state index in [1.165, 1.54) is 6.33 Å². The Morgan fingerprint density at radius 1 is 1.29 bits per heavy atom. The molecule has 1 fully saturated rings. The van der Waals surface area contributed by atoms with Gasteiger partial charge in [0.15, 0.2) is 0 Å². The predicted molar refractivity (Wildman–Crippen MR) is 117 cm³/mol. The fraction of sp³-hybridized carbons (Fsp3) is 0.455. The van der Waals surface area contributed by atoms with Gasteiger partial charge in [-0.2, -0.15) is 0 Å². The minimum absolute atomic E-state index is 0.173. The standard InChI is InChI=1S/C22H28N6O3/c1-16-10-20(25-14-24-16)27-7-3-6-22(30,13-27)12-23-21(29)17-4-5-19-18(11-17)26-15-28(19)8-9-31-2/h4-5,10-11,14-15,30H,3,6-9,12-13H2,1-2H3,(H,23,29). The van der Waals surface area contributed by atoms with Crippen molar-refractivity contribution >= 4 is 22.8 Å². The number of β-amino-alcohol motifs (C(OH)–C–C–N with tert-alkyl or cyclic N) is 1. The van der Waals surface area contributed by atoms with E-state index < -0.39 is 5.60 Å². The molecule has 9 heteroatoms. The molecule has 1 unspecified atom stereocenters. The molecule has 1 aliphatic heterocycles. The van der Waals surface area contributed by atoms with E-state index in [2.05, 4.69) is 20.3 Å². The van der Waals surface area contributed by atoms with Gasteiger partial charge < -0.3 is 24.6 Å². The lowest BCUT2D eigenvalue weighted by Gasteiger charge is -2.39. The zero-order chi connectivity index (χ0) is 21.8. The number of aromatic nitrogens is 4. The highest BCUT2D eigenvalue weighted by Crippen LogP contribution is 2.25. The lowest BCUT2D eigenvalue weighted by molar-refractivity contribution is 0.0254. The summed E-state index contributed by atoms with van der Waals surface area (Å²) >= 11 is 0. The maximum atomic E-state index is 12.7. The first-order valence-electron chi connectivity index (χ1n) is 10.5. The summed E-state index contributed by atoms with van der Waals surface area (Å²) in [6, 6.07) is 7.35. The van der Waals surface area contributed by atoms with Gasteiger partial charge in [0.2, 0.25) is 0 Å². The number of piperidine rings is 1. The van der Waals surface area contributed by atoms with Crippen molar-refractivity contribution in [2.75, 3.05) is 38.3 Å². The Labute approximate surface area is 181 Å². The number of rotatable bonds is 7. The van der Waals surface area contributed by atoms with E-state index in [1.54, 1.807) is 25.6 Å². The van der Waals surface area contributed by atoms with Crippen molar-refractivity contribution in [2.24, 2.45) is 0 Å². The van der Waals surface area contributed by atoms with E-state index in [0.29, 0.717) is 31.7 Å². The Bertz CT molecular complexity index is 1070. The topological polar surface area (TPSA) is 105 Å². The first-order valence-corrected chi connectivity index (χ1v) is 10.5. The number of hydrogen-bond acceptors (Lipinski definition) is 7. The number of nitrogens with one attached hydrogen (secondary N) is 1. The van der Waals surface area contributed by atoms with Gasteiger partial charge in [0.25, 0.3) is 5.91 Å². The molecule has 1 atom stereocenters. The van der Waals surface area contributed by atoms with Crippen LogP contribution in [0.2, 0.25) is 0 Å². The summed E-state index contributed by atoms with van der Waals surface area (Å²) in [5.41, 5.74) is 2.10. The van der Waals surface area contributed by atoms with E-state index in [4.69, 9.17) is 4.74 Å². The third-order valence-electron chi connectivity index (χ3n) is 5.67. The molecule has 0 saturated carbocycles. The monoisotopic (exact) mass is 424 g/mol. The van der Waals surface area contributed by atoms with Gasteiger partial charge >= 0.3 is 0 Å². The van der Waals surface area contributed by atoms with Crippen LogP contribution in [0, 0.1) is 6.92 Å². The molecule has 0 bridgehead atoms. The largest absolute Gasteiger partial charge is 0.386 e. The van der Waals surface area contributed by atoms with Crippen molar-refractivity contribution in [2.45, 2.75) is 31.9 Å². The zero-order valence-electron chi connectivity index (χ0n) is 17.9. The summed E-state index contributed by atoms with van der Waals surface area (Å²) in [4.78, 5) is 27.6. The van der Waals surface area contributed by atoms with Crippen LogP contribution in [0.5, 0.6) is 0 Å². The van der Waals surface area contributed by atoms with Crippen molar-refractivity contribution < 1.29 is 14.6 Å². The minimum atomic E-state index is -1.02. The lowest BCUT2D eigenvalue weighted by atomic mass is 9.92. The van der Waals surface area contributed by atoms with Crippen molar-refractivity contribution in [3.63, 3.8) is 0 Å². The molecule has 3 heterocycles. The van der Waals surface area contributed by atoms with Crippen LogP contribution in [-0.4, -0.2) is 69.5 Å². The molecule has 2 aromatic heterocycles. The molecular weight excluding hydrogens is 396 g/mol.